The number of carbonyl (C=O) groups is 6. The van der Waals surface area contributed by atoms with Crippen molar-refractivity contribution in [3.63, 3.8) is 0 Å². The number of nitrogens with zero attached hydrogens (tertiary/aromatic N) is 6. The summed E-state index contributed by atoms with van der Waals surface area (Å²) in [6.45, 7) is 30.9. The van der Waals surface area contributed by atoms with Gasteiger partial charge in [0.2, 0.25) is 0 Å². The average Bonchev–Trinajstić information content (AvgIpc) is 1.35. The molecule has 2 saturated carbocycles. The summed E-state index contributed by atoms with van der Waals surface area (Å²) in [4.78, 5) is 116. The molecular formula is C130H142N6O6S6. The second-order valence-corrected chi connectivity index (χ2v) is 52.3. The SMILES string of the molecule is CCC1(c2ccccc2)C2=C(CCC(C)(C)C2=O)Cc2ncsc21.CCC1(c2ccccc2)C2=C(Cc3ncsc31)C(C)(C)CCC2=O.CCC1(c2ccccc2)C2=C(Cc3ncsc31)CC1(CCCC1)CC2=O.CC[C@@]1(c2ccccc2)C2=C(CCC(C)(C)C2=O)Cc2ncsc21.CC[C@@]1(c2ccccc2)C2=C(Cc3ncsc31)C(C)(C)CCC2=O.CC[C@@]1(c2ccccc2)C2=C(Cc3ncsc31)CC1(CCCC1)CC2=O. The van der Waals surface area contributed by atoms with Crippen LogP contribution < -0.4 is 0 Å². The van der Waals surface area contributed by atoms with E-state index in [9.17, 15) is 28.8 Å². The van der Waals surface area contributed by atoms with Gasteiger partial charge in [0.05, 0.1) is 99.7 Å². The predicted octanol–water partition coefficient (Wildman–Crippen LogP) is 31.6. The van der Waals surface area contributed by atoms with Crippen LogP contribution in [0.15, 0.2) is 282 Å². The van der Waals surface area contributed by atoms with Gasteiger partial charge in [0.25, 0.3) is 0 Å². The van der Waals surface area contributed by atoms with Crippen LogP contribution in [0.5, 0.6) is 0 Å². The molecule has 0 bridgehead atoms. The first kappa shape index (κ1) is 103. The summed E-state index contributed by atoms with van der Waals surface area (Å²) < 4.78 is 0. The molecule has 14 aliphatic carbocycles. The fraction of sp³-hybridized carbons (Fsp3) is 0.446. The number of rotatable bonds is 12. The zero-order chi connectivity index (χ0) is 103. The van der Waals surface area contributed by atoms with Crippen molar-refractivity contribution >= 4 is 103 Å². The molecule has 6 heterocycles. The monoisotopic (exact) mass is 2070 g/mol. The fourth-order valence-corrected chi connectivity index (χ4v) is 36.8. The molecule has 2 fully saturated rings. The lowest BCUT2D eigenvalue weighted by molar-refractivity contribution is -0.125. The van der Waals surface area contributed by atoms with Gasteiger partial charge >= 0.3 is 0 Å². The number of Topliss-reactive ketones (excluding diaryl/α,β-unsaturated/α-hetero) is 6. The molecule has 148 heavy (non-hydrogen) atoms. The van der Waals surface area contributed by atoms with Crippen molar-refractivity contribution < 1.29 is 28.8 Å². The molecular weight excluding hydrogens is 1930 g/mol. The summed E-state index contributed by atoms with van der Waals surface area (Å²) in [7, 11) is 0. The van der Waals surface area contributed by atoms with Gasteiger partial charge in [0.15, 0.2) is 34.7 Å². The van der Waals surface area contributed by atoms with E-state index >= 15 is 0 Å². The third-order valence-electron chi connectivity index (χ3n) is 37.8. The maximum atomic E-state index is 13.6. The van der Waals surface area contributed by atoms with Crippen LogP contribution in [0, 0.1) is 32.5 Å². The molecule has 0 saturated heterocycles. The number of thiazole rings is 6. The molecule has 6 aromatic heterocycles. The zero-order valence-corrected chi connectivity index (χ0v) is 93.9. The Morgan fingerprint density at radius 2 is 0.446 bits per heavy atom. The second-order valence-electron chi connectivity index (χ2n) is 47.2. The summed E-state index contributed by atoms with van der Waals surface area (Å²) in [5, 5.41) is 0. The van der Waals surface area contributed by atoms with Crippen LogP contribution in [-0.4, -0.2) is 64.6 Å². The van der Waals surface area contributed by atoms with Gasteiger partial charge in [0.1, 0.15) is 0 Å². The number of fused-ring (bicyclic) bond motifs is 6. The van der Waals surface area contributed by atoms with Crippen LogP contribution >= 0.6 is 68.0 Å². The maximum Gasteiger partial charge on any atom is 0.165 e. The number of aromatic nitrogens is 6. The third kappa shape index (κ3) is 16.9. The molecule has 2 spiro atoms. The van der Waals surface area contributed by atoms with Gasteiger partial charge in [0, 0.05) is 138 Å². The van der Waals surface area contributed by atoms with Gasteiger partial charge in [-0.1, -0.05) is 338 Å². The highest BCUT2D eigenvalue weighted by Gasteiger charge is 2.60. The van der Waals surface area contributed by atoms with Gasteiger partial charge in [-0.3, -0.25) is 28.8 Å². The summed E-state index contributed by atoms with van der Waals surface area (Å²) in [6, 6.07) is 63.7. The van der Waals surface area contributed by atoms with Gasteiger partial charge in [-0.15, -0.1) is 68.0 Å². The molecule has 12 aromatic rings. The van der Waals surface area contributed by atoms with E-state index in [0.29, 0.717) is 47.5 Å². The Morgan fingerprint density at radius 1 is 0.230 bits per heavy atom. The summed E-state index contributed by atoms with van der Waals surface area (Å²) in [5.74, 6) is 2.20. The van der Waals surface area contributed by atoms with E-state index in [2.05, 4.69) is 275 Å². The molecule has 6 aromatic carbocycles. The molecule has 12 nitrogen and oxygen atoms in total. The molecule has 764 valence electrons. The average molecular weight is 2080 g/mol. The summed E-state index contributed by atoms with van der Waals surface area (Å²) in [6.07, 6.45) is 31.5. The van der Waals surface area contributed by atoms with Crippen LogP contribution in [0.25, 0.3) is 0 Å². The Hall–Kier alpha value is -10.4. The van der Waals surface area contributed by atoms with E-state index in [0.717, 1.165) is 175 Å². The minimum atomic E-state index is -0.319. The Labute approximate surface area is 900 Å². The minimum absolute atomic E-state index is 0.0692. The zero-order valence-electron chi connectivity index (χ0n) is 89.0. The van der Waals surface area contributed by atoms with Gasteiger partial charge in [-0.2, -0.15) is 0 Å². The number of hydrogen-bond acceptors (Lipinski definition) is 18. The Balaban J connectivity index is 0.000000104. The van der Waals surface area contributed by atoms with Crippen molar-refractivity contribution in [2.45, 2.75) is 335 Å². The first-order valence-electron chi connectivity index (χ1n) is 54.9. The lowest BCUT2D eigenvalue weighted by atomic mass is 9.57. The molecule has 14 aliphatic rings. The molecule has 0 aliphatic heterocycles. The van der Waals surface area contributed by atoms with Gasteiger partial charge in [-0.25, -0.2) is 29.9 Å². The van der Waals surface area contributed by atoms with E-state index in [1.807, 2.05) is 57.3 Å². The lowest BCUT2D eigenvalue weighted by Crippen LogP contribution is -2.44. The standard InChI is InChI=1S/2C23H25NOS.4C21H23NOS/c2*1-2-23(17-8-4-3-5-9-17)20-16(12-18-21(23)26-15-24-18)13-22(14-19(20)25)10-6-7-11-22;2*1-4-21(15-8-6-5-7-9-15)17-14(10-11-20(2,3)18(17)23)12-16-19(21)24-13-22-16;2*1-4-21(14-8-6-5-7-9-14)18-15(12-16-19(21)24-13-22-16)20(2,3)11-10-17(18)23/h2*3-5,8-9,15H,2,6-7,10-14H2,1H3;4*5-9,13H,4,10-12H2,1-3H3/t23-;;21-;;21-;/m1.1.1./s1. The van der Waals surface area contributed by atoms with E-state index in [4.69, 9.17) is 9.97 Å². The lowest BCUT2D eigenvalue weighted by Gasteiger charge is -2.46. The largest absolute Gasteiger partial charge is 0.295 e. The fourth-order valence-electron chi connectivity index (χ4n) is 30.1. The smallest absolute Gasteiger partial charge is 0.165 e. The minimum Gasteiger partial charge on any atom is -0.295 e. The number of benzene rings is 6. The highest BCUT2D eigenvalue weighted by atomic mass is 32.1. The van der Waals surface area contributed by atoms with E-state index in [1.165, 1.54) is 182 Å². The van der Waals surface area contributed by atoms with Crippen molar-refractivity contribution in [1.29, 1.82) is 0 Å². The van der Waals surface area contributed by atoms with Crippen molar-refractivity contribution in [1.82, 2.24) is 29.9 Å². The van der Waals surface area contributed by atoms with Crippen LogP contribution in [0.1, 0.15) is 361 Å². The van der Waals surface area contributed by atoms with E-state index in [1.54, 1.807) is 68.0 Å². The van der Waals surface area contributed by atoms with Gasteiger partial charge < -0.3 is 0 Å². The van der Waals surface area contributed by atoms with Crippen molar-refractivity contribution in [3.05, 3.63) is 379 Å². The van der Waals surface area contributed by atoms with Crippen molar-refractivity contribution in [2.75, 3.05) is 0 Å². The predicted molar refractivity (Wildman–Crippen MR) is 605 cm³/mol. The Bertz CT molecular complexity index is 6900. The molecule has 0 radical (unpaired) electrons. The number of carbonyl (C=O) groups excluding carboxylic acids is 6. The molecule has 0 N–H and O–H groups in total. The van der Waals surface area contributed by atoms with Crippen LogP contribution in [0.3, 0.4) is 0 Å². The number of ketones is 6. The highest BCUT2D eigenvalue weighted by molar-refractivity contribution is 7.11. The summed E-state index contributed by atoms with van der Waals surface area (Å²) >= 11 is 10.3. The number of hydrogen-bond donors (Lipinski definition) is 0. The molecule has 18 heteroatoms. The van der Waals surface area contributed by atoms with Crippen molar-refractivity contribution in [3.8, 4) is 0 Å². The second kappa shape index (κ2) is 40.3. The topological polar surface area (TPSA) is 180 Å². The van der Waals surface area contributed by atoms with Crippen LogP contribution in [0.4, 0.5) is 0 Å². The summed E-state index contributed by atoms with van der Waals surface area (Å²) in [5.41, 5.74) is 39.2. The Morgan fingerprint density at radius 3 is 0.689 bits per heavy atom. The van der Waals surface area contributed by atoms with Crippen molar-refractivity contribution in [2.24, 2.45) is 32.5 Å². The van der Waals surface area contributed by atoms with Crippen LogP contribution in [-0.2, 0) is 99.8 Å². The Kier molecular flexibility index (Phi) is 28.1. The van der Waals surface area contributed by atoms with E-state index < -0.39 is 0 Å². The normalized spacial score (nSPS) is 25.9. The first-order valence-corrected chi connectivity index (χ1v) is 60.2. The quantitative estimate of drug-likeness (QED) is 0.113. The molecule has 6 atom stereocenters. The third-order valence-corrected chi connectivity index (χ3v) is 44.0. The molecule has 3 unspecified atom stereocenters. The maximum absolute atomic E-state index is 13.6. The highest BCUT2D eigenvalue weighted by Crippen LogP contribution is 2.65. The molecule has 26 rings (SSSR count). The first-order chi connectivity index (χ1) is 71.4. The van der Waals surface area contributed by atoms with Crippen LogP contribution in [0.2, 0.25) is 0 Å². The van der Waals surface area contributed by atoms with Gasteiger partial charge in [-0.05, 0) is 171 Å². The van der Waals surface area contributed by atoms with E-state index in [-0.39, 0.29) is 65.0 Å². The number of allylic oxidation sites excluding steroid dienone is 12. The molecule has 0 amide bonds.